The zero-order chi connectivity index (χ0) is 15.7. The summed E-state index contributed by atoms with van der Waals surface area (Å²) in [5.41, 5.74) is 5.18. The first-order valence-corrected chi connectivity index (χ1v) is 6.38. The Morgan fingerprint density at radius 1 is 1.43 bits per heavy atom. The van der Waals surface area contributed by atoms with Gasteiger partial charge >= 0.3 is 5.97 Å². The predicted molar refractivity (Wildman–Crippen MR) is 73.7 cm³/mol. The highest BCUT2D eigenvalue weighted by Gasteiger charge is 2.38. The van der Waals surface area contributed by atoms with Crippen LogP contribution in [0.3, 0.4) is 0 Å². The third-order valence-electron chi connectivity index (χ3n) is 3.73. The maximum absolute atomic E-state index is 12.4. The molecule has 112 valence electrons. The Bertz CT molecular complexity index is 616. The number of carboxylic acids is 1. The largest absolute Gasteiger partial charge is 0.481 e. The topological polar surface area (TPSA) is 127 Å². The zero-order valence-corrected chi connectivity index (χ0v) is 11.4. The van der Waals surface area contributed by atoms with Crippen molar-refractivity contribution in [2.45, 2.75) is 6.92 Å². The van der Waals surface area contributed by atoms with Gasteiger partial charge in [-0.05, 0) is 12.0 Å². The van der Waals surface area contributed by atoms with E-state index < -0.39 is 22.7 Å². The fourth-order valence-electron chi connectivity index (χ4n) is 2.52. The van der Waals surface area contributed by atoms with Gasteiger partial charge in [-0.3, -0.25) is 19.7 Å². The number of carbonyl (C=O) groups excluding carboxylic acids is 1. The summed E-state index contributed by atoms with van der Waals surface area (Å²) < 4.78 is 0. The van der Waals surface area contributed by atoms with Crippen molar-refractivity contribution in [2.75, 3.05) is 18.8 Å². The van der Waals surface area contributed by atoms with E-state index in [1.807, 2.05) is 0 Å². The second-order valence-corrected chi connectivity index (χ2v) is 5.13. The van der Waals surface area contributed by atoms with Gasteiger partial charge in [-0.1, -0.05) is 13.0 Å². The number of benzene rings is 1. The van der Waals surface area contributed by atoms with Crippen molar-refractivity contribution < 1.29 is 19.6 Å². The monoisotopic (exact) mass is 293 g/mol. The smallest absolute Gasteiger partial charge is 0.308 e. The van der Waals surface area contributed by atoms with Crippen molar-refractivity contribution >= 4 is 23.3 Å². The van der Waals surface area contributed by atoms with Gasteiger partial charge in [-0.25, -0.2) is 0 Å². The number of nitrogen functional groups attached to an aromatic ring is 1. The molecule has 0 radical (unpaired) electrons. The Balaban J connectivity index is 2.28. The molecule has 1 fully saturated rings. The number of aliphatic carboxylic acids is 1. The fourth-order valence-corrected chi connectivity index (χ4v) is 2.52. The number of carbonyl (C=O) groups is 2. The van der Waals surface area contributed by atoms with Crippen LogP contribution in [0.5, 0.6) is 0 Å². The van der Waals surface area contributed by atoms with Crippen LogP contribution >= 0.6 is 0 Å². The minimum Gasteiger partial charge on any atom is -0.481 e. The quantitative estimate of drug-likeness (QED) is 0.485. The van der Waals surface area contributed by atoms with Gasteiger partial charge in [0.2, 0.25) is 0 Å². The number of carboxylic acid groups (broad SMARTS) is 1. The van der Waals surface area contributed by atoms with Crippen LogP contribution in [-0.4, -0.2) is 39.9 Å². The average molecular weight is 293 g/mol. The lowest BCUT2D eigenvalue weighted by Crippen LogP contribution is -2.30. The number of amides is 1. The maximum atomic E-state index is 12.4. The summed E-state index contributed by atoms with van der Waals surface area (Å²) in [6.45, 7) is 2.12. The van der Waals surface area contributed by atoms with E-state index in [-0.39, 0.29) is 35.9 Å². The maximum Gasteiger partial charge on any atom is 0.308 e. The number of likely N-dealkylation sites (tertiary alicyclic amines) is 1. The van der Waals surface area contributed by atoms with Gasteiger partial charge in [0.1, 0.15) is 5.69 Å². The summed E-state index contributed by atoms with van der Waals surface area (Å²) in [6, 6.07) is 4.01. The van der Waals surface area contributed by atoms with Crippen LogP contribution in [0.4, 0.5) is 11.4 Å². The summed E-state index contributed by atoms with van der Waals surface area (Å²) in [6.07, 6.45) is 0. The minimum absolute atomic E-state index is 0.0300. The van der Waals surface area contributed by atoms with Gasteiger partial charge in [0.25, 0.3) is 11.6 Å². The molecule has 1 aliphatic heterocycles. The predicted octanol–water partition coefficient (Wildman–Crippen LogP) is 0.970. The highest BCUT2D eigenvalue weighted by atomic mass is 16.6. The van der Waals surface area contributed by atoms with Crippen LogP contribution in [0.1, 0.15) is 17.3 Å². The van der Waals surface area contributed by atoms with Crippen LogP contribution in [-0.2, 0) is 4.79 Å². The van der Waals surface area contributed by atoms with Gasteiger partial charge in [0.05, 0.1) is 16.4 Å². The van der Waals surface area contributed by atoms with Crippen LogP contribution in [0.15, 0.2) is 18.2 Å². The van der Waals surface area contributed by atoms with Gasteiger partial charge in [-0.15, -0.1) is 0 Å². The number of para-hydroxylation sites is 1. The lowest BCUT2D eigenvalue weighted by Gasteiger charge is -2.17. The lowest BCUT2D eigenvalue weighted by atomic mass is 9.99. The molecular weight excluding hydrogens is 278 g/mol. The fraction of sp³-hybridized carbons (Fsp3) is 0.385. The standard InChI is InChI=1S/C13H15N3O5/c1-7-5-15(6-9(7)13(18)19)12(17)8-3-2-4-10(11(8)14)16(20)21/h2-4,7,9H,5-6,14H2,1H3,(H,18,19)/t7-,9-/m1/s1. The molecule has 8 nitrogen and oxygen atoms in total. The molecule has 8 heteroatoms. The molecule has 0 saturated carbocycles. The van der Waals surface area contributed by atoms with Crippen molar-refractivity contribution in [3.63, 3.8) is 0 Å². The number of nitro benzene ring substituents is 1. The van der Waals surface area contributed by atoms with E-state index in [9.17, 15) is 19.7 Å². The second-order valence-electron chi connectivity index (χ2n) is 5.13. The summed E-state index contributed by atoms with van der Waals surface area (Å²) >= 11 is 0. The van der Waals surface area contributed by atoms with Gasteiger partial charge in [-0.2, -0.15) is 0 Å². The van der Waals surface area contributed by atoms with Crippen LogP contribution in [0.2, 0.25) is 0 Å². The zero-order valence-electron chi connectivity index (χ0n) is 11.4. The van der Waals surface area contributed by atoms with Crippen LogP contribution in [0.25, 0.3) is 0 Å². The van der Waals surface area contributed by atoms with E-state index in [0.717, 1.165) is 0 Å². The Morgan fingerprint density at radius 3 is 2.62 bits per heavy atom. The van der Waals surface area contributed by atoms with E-state index >= 15 is 0 Å². The molecule has 0 bridgehead atoms. The van der Waals surface area contributed by atoms with Gasteiger partial charge in [0.15, 0.2) is 0 Å². The molecule has 3 N–H and O–H groups in total. The molecule has 2 rings (SSSR count). The van der Waals surface area contributed by atoms with E-state index in [0.29, 0.717) is 0 Å². The molecule has 2 atom stereocenters. The van der Waals surface area contributed by atoms with E-state index in [2.05, 4.69) is 0 Å². The summed E-state index contributed by atoms with van der Waals surface area (Å²) in [5, 5.41) is 19.9. The van der Waals surface area contributed by atoms with E-state index in [1.165, 1.54) is 23.1 Å². The van der Waals surface area contributed by atoms with Crippen molar-refractivity contribution in [2.24, 2.45) is 11.8 Å². The molecule has 0 unspecified atom stereocenters. The Kier molecular flexibility index (Phi) is 3.79. The minimum atomic E-state index is -0.954. The molecule has 0 aromatic heterocycles. The SMILES string of the molecule is C[C@@H]1CN(C(=O)c2cccc([N+](=O)[O-])c2N)C[C@H]1C(=O)O. The molecule has 1 amide bonds. The molecular formula is C13H15N3O5. The van der Waals surface area contributed by atoms with E-state index in [1.54, 1.807) is 6.92 Å². The Hall–Kier alpha value is -2.64. The number of nitro groups is 1. The highest BCUT2D eigenvalue weighted by Crippen LogP contribution is 2.29. The van der Waals surface area contributed by atoms with Crippen molar-refractivity contribution in [3.8, 4) is 0 Å². The number of anilines is 1. The number of nitrogens with zero attached hydrogens (tertiary/aromatic N) is 2. The van der Waals surface area contributed by atoms with Crippen LogP contribution in [0, 0.1) is 22.0 Å². The summed E-state index contributed by atoms with van der Waals surface area (Å²) in [7, 11) is 0. The number of nitrogens with two attached hydrogens (primary N) is 1. The Morgan fingerprint density at radius 2 is 2.10 bits per heavy atom. The second kappa shape index (κ2) is 5.39. The lowest BCUT2D eigenvalue weighted by molar-refractivity contribution is -0.383. The van der Waals surface area contributed by atoms with E-state index in [4.69, 9.17) is 10.8 Å². The average Bonchev–Trinajstić information content (AvgIpc) is 2.80. The van der Waals surface area contributed by atoms with Gasteiger partial charge in [0, 0.05) is 19.2 Å². The summed E-state index contributed by atoms with van der Waals surface area (Å²) in [4.78, 5) is 35.0. The first-order chi connectivity index (χ1) is 9.82. The molecule has 1 heterocycles. The third kappa shape index (κ3) is 2.64. The van der Waals surface area contributed by atoms with Gasteiger partial charge < -0.3 is 15.7 Å². The molecule has 21 heavy (non-hydrogen) atoms. The van der Waals surface area contributed by atoms with Crippen molar-refractivity contribution in [1.82, 2.24) is 4.90 Å². The molecule has 0 aliphatic carbocycles. The molecule has 1 aromatic rings. The first kappa shape index (κ1) is 14.8. The highest BCUT2D eigenvalue weighted by molar-refractivity contribution is 6.01. The summed E-state index contributed by atoms with van der Waals surface area (Å²) in [5.74, 6) is -2.24. The molecule has 1 aliphatic rings. The molecule has 0 spiro atoms. The number of hydrogen-bond donors (Lipinski definition) is 2. The first-order valence-electron chi connectivity index (χ1n) is 6.38. The number of hydrogen-bond acceptors (Lipinski definition) is 5. The normalized spacial score (nSPS) is 21.3. The Labute approximate surface area is 120 Å². The third-order valence-corrected chi connectivity index (χ3v) is 3.73. The molecule has 1 aromatic carbocycles. The van der Waals surface area contributed by atoms with Crippen molar-refractivity contribution in [1.29, 1.82) is 0 Å². The van der Waals surface area contributed by atoms with Crippen molar-refractivity contribution in [3.05, 3.63) is 33.9 Å². The number of rotatable bonds is 3. The molecule has 1 saturated heterocycles. The van der Waals surface area contributed by atoms with Crippen LogP contribution < -0.4 is 5.73 Å².